The minimum atomic E-state index is -0.525. The van der Waals surface area contributed by atoms with Gasteiger partial charge in [0.2, 0.25) is 5.91 Å². The lowest BCUT2D eigenvalue weighted by atomic mass is 10.0. The standard InChI is InChI=1S/C26H43N3O3/c1-20(2)18-22(28-25(31)32-26(3,4)5)19-29-17-11-15-23(29)24(30)27-16-10-9-14-21-12-7-6-8-13-21/h6-8,12-13,20,22-23H,9-11,14-19H2,1-5H3,(H,27,30)(H,28,31)/t22-,23+/m1/s1. The highest BCUT2D eigenvalue weighted by atomic mass is 16.6. The second kappa shape index (κ2) is 12.8. The molecule has 2 N–H and O–H groups in total. The molecule has 1 aliphatic heterocycles. The monoisotopic (exact) mass is 445 g/mol. The van der Waals surface area contributed by atoms with Crippen LogP contribution in [0.1, 0.15) is 72.3 Å². The average molecular weight is 446 g/mol. The van der Waals surface area contributed by atoms with E-state index in [9.17, 15) is 9.59 Å². The van der Waals surface area contributed by atoms with Gasteiger partial charge in [-0.15, -0.1) is 0 Å². The normalized spacial score (nSPS) is 17.9. The lowest BCUT2D eigenvalue weighted by Gasteiger charge is -2.30. The first kappa shape index (κ1) is 26.2. The summed E-state index contributed by atoms with van der Waals surface area (Å²) in [5, 5.41) is 6.17. The van der Waals surface area contributed by atoms with Gasteiger partial charge in [0.05, 0.1) is 6.04 Å². The van der Waals surface area contributed by atoms with Crippen molar-refractivity contribution < 1.29 is 14.3 Å². The van der Waals surface area contributed by atoms with Crippen molar-refractivity contribution in [3.05, 3.63) is 35.9 Å². The number of nitrogens with one attached hydrogen (secondary N) is 2. The first-order valence-corrected chi connectivity index (χ1v) is 12.2. The average Bonchev–Trinajstić information content (AvgIpc) is 3.14. The first-order valence-electron chi connectivity index (χ1n) is 12.2. The van der Waals surface area contributed by atoms with Crippen LogP contribution in [0.5, 0.6) is 0 Å². The Balaban J connectivity index is 1.79. The topological polar surface area (TPSA) is 70.7 Å². The number of hydrogen-bond acceptors (Lipinski definition) is 4. The van der Waals surface area contributed by atoms with Crippen molar-refractivity contribution in [2.75, 3.05) is 19.6 Å². The van der Waals surface area contributed by atoms with Crippen LogP contribution in [0.3, 0.4) is 0 Å². The molecule has 0 saturated carbocycles. The summed E-state index contributed by atoms with van der Waals surface area (Å²) >= 11 is 0. The number of carbonyl (C=O) groups is 2. The zero-order valence-corrected chi connectivity index (χ0v) is 20.7. The number of nitrogens with zero attached hydrogens (tertiary/aromatic N) is 1. The van der Waals surface area contributed by atoms with Crippen molar-refractivity contribution in [3.8, 4) is 0 Å². The third-order valence-electron chi connectivity index (χ3n) is 5.63. The maximum absolute atomic E-state index is 12.8. The van der Waals surface area contributed by atoms with E-state index in [1.807, 2.05) is 26.8 Å². The quantitative estimate of drug-likeness (QED) is 0.491. The molecule has 6 heteroatoms. The fourth-order valence-corrected chi connectivity index (χ4v) is 4.28. The van der Waals surface area contributed by atoms with E-state index in [-0.39, 0.29) is 24.1 Å². The van der Waals surface area contributed by atoms with Gasteiger partial charge < -0.3 is 15.4 Å². The van der Waals surface area contributed by atoms with Gasteiger partial charge in [0.1, 0.15) is 5.60 Å². The van der Waals surface area contributed by atoms with Crippen LogP contribution in [-0.2, 0) is 16.0 Å². The van der Waals surface area contributed by atoms with Crippen LogP contribution in [0.25, 0.3) is 0 Å². The summed E-state index contributed by atoms with van der Waals surface area (Å²) in [7, 11) is 0. The minimum Gasteiger partial charge on any atom is -0.444 e. The summed E-state index contributed by atoms with van der Waals surface area (Å²) in [6, 6.07) is 10.3. The van der Waals surface area contributed by atoms with E-state index < -0.39 is 5.60 Å². The summed E-state index contributed by atoms with van der Waals surface area (Å²) in [5.41, 5.74) is 0.817. The molecule has 180 valence electrons. The smallest absolute Gasteiger partial charge is 0.407 e. The predicted molar refractivity (Wildman–Crippen MR) is 130 cm³/mol. The molecule has 1 fully saturated rings. The molecule has 2 rings (SSSR count). The Morgan fingerprint density at radius 3 is 2.53 bits per heavy atom. The molecule has 0 bridgehead atoms. The number of unbranched alkanes of at least 4 members (excludes halogenated alkanes) is 1. The van der Waals surface area contributed by atoms with Crippen molar-refractivity contribution in [3.63, 3.8) is 0 Å². The Bertz CT molecular complexity index is 700. The molecule has 1 aromatic carbocycles. The number of alkyl carbamates (subject to hydrolysis) is 1. The Hall–Kier alpha value is -2.08. The number of hydrogen-bond donors (Lipinski definition) is 2. The van der Waals surface area contributed by atoms with Gasteiger partial charge in [-0.25, -0.2) is 4.79 Å². The van der Waals surface area contributed by atoms with Gasteiger partial charge in [-0.2, -0.15) is 0 Å². The molecule has 1 heterocycles. The third-order valence-corrected chi connectivity index (χ3v) is 5.63. The summed E-state index contributed by atoms with van der Waals surface area (Å²) < 4.78 is 5.45. The number of rotatable bonds is 11. The number of amides is 2. The van der Waals surface area contributed by atoms with Gasteiger partial charge in [0, 0.05) is 19.1 Å². The van der Waals surface area contributed by atoms with Crippen LogP contribution in [0.15, 0.2) is 30.3 Å². The number of benzene rings is 1. The molecule has 6 nitrogen and oxygen atoms in total. The van der Waals surface area contributed by atoms with Gasteiger partial charge in [-0.1, -0.05) is 44.2 Å². The molecule has 0 unspecified atom stereocenters. The van der Waals surface area contributed by atoms with Gasteiger partial charge in [-0.3, -0.25) is 9.69 Å². The summed E-state index contributed by atoms with van der Waals surface area (Å²) in [4.78, 5) is 27.4. The minimum absolute atomic E-state index is 0.0378. The van der Waals surface area contributed by atoms with Crippen LogP contribution in [0.2, 0.25) is 0 Å². The van der Waals surface area contributed by atoms with Crippen LogP contribution in [0.4, 0.5) is 4.79 Å². The number of likely N-dealkylation sites (tertiary alicyclic amines) is 1. The zero-order chi connectivity index (χ0) is 23.6. The highest BCUT2D eigenvalue weighted by molar-refractivity contribution is 5.82. The SMILES string of the molecule is CC(C)C[C@H](CN1CCC[C@H]1C(=O)NCCCCc1ccccc1)NC(=O)OC(C)(C)C. The van der Waals surface area contributed by atoms with Crippen LogP contribution in [0, 0.1) is 5.92 Å². The molecule has 2 atom stereocenters. The van der Waals surface area contributed by atoms with E-state index in [1.54, 1.807) is 0 Å². The Labute approximate surface area is 194 Å². The highest BCUT2D eigenvalue weighted by Gasteiger charge is 2.32. The summed E-state index contributed by atoms with van der Waals surface area (Å²) in [6.07, 6.45) is 5.42. The van der Waals surface area contributed by atoms with E-state index in [2.05, 4.69) is 53.6 Å². The van der Waals surface area contributed by atoms with Crippen molar-refractivity contribution in [1.29, 1.82) is 0 Å². The van der Waals surface area contributed by atoms with Gasteiger partial charge in [0.15, 0.2) is 0 Å². The van der Waals surface area contributed by atoms with E-state index in [0.717, 1.165) is 45.1 Å². The molecule has 0 aromatic heterocycles. The molecular weight excluding hydrogens is 402 g/mol. The van der Waals surface area contributed by atoms with Crippen LogP contribution >= 0.6 is 0 Å². The Kier molecular flexibility index (Phi) is 10.5. The molecule has 1 saturated heterocycles. The highest BCUT2D eigenvalue weighted by Crippen LogP contribution is 2.20. The predicted octanol–water partition coefficient (Wildman–Crippen LogP) is 4.53. The molecule has 2 amide bonds. The maximum Gasteiger partial charge on any atom is 0.407 e. The molecule has 1 aromatic rings. The van der Waals surface area contributed by atoms with E-state index in [0.29, 0.717) is 19.0 Å². The fraction of sp³-hybridized carbons (Fsp3) is 0.692. The molecule has 1 aliphatic rings. The molecular formula is C26H43N3O3. The number of carbonyl (C=O) groups excluding carboxylic acids is 2. The molecule has 0 radical (unpaired) electrons. The van der Waals surface area contributed by atoms with Crippen molar-refractivity contribution in [2.24, 2.45) is 5.92 Å². The van der Waals surface area contributed by atoms with E-state index in [1.165, 1.54) is 5.56 Å². The zero-order valence-electron chi connectivity index (χ0n) is 20.7. The second-order valence-electron chi connectivity index (χ2n) is 10.4. The van der Waals surface area contributed by atoms with Crippen molar-refractivity contribution >= 4 is 12.0 Å². The van der Waals surface area contributed by atoms with Crippen molar-refractivity contribution in [1.82, 2.24) is 15.5 Å². The lowest BCUT2D eigenvalue weighted by molar-refractivity contribution is -0.125. The molecule has 0 spiro atoms. The second-order valence-corrected chi connectivity index (χ2v) is 10.4. The molecule has 0 aliphatic carbocycles. The lowest BCUT2D eigenvalue weighted by Crippen LogP contribution is -2.50. The van der Waals surface area contributed by atoms with Gasteiger partial charge in [-0.05, 0) is 77.3 Å². The third kappa shape index (κ3) is 10.0. The van der Waals surface area contributed by atoms with Gasteiger partial charge in [0.25, 0.3) is 0 Å². The summed E-state index contributed by atoms with van der Waals surface area (Å²) in [6.45, 7) is 12.2. The summed E-state index contributed by atoms with van der Waals surface area (Å²) in [5.74, 6) is 0.553. The van der Waals surface area contributed by atoms with E-state index in [4.69, 9.17) is 4.74 Å². The number of aryl methyl sites for hydroxylation is 1. The molecule has 32 heavy (non-hydrogen) atoms. The first-order chi connectivity index (χ1) is 15.1. The van der Waals surface area contributed by atoms with Crippen LogP contribution < -0.4 is 10.6 Å². The van der Waals surface area contributed by atoms with Crippen LogP contribution in [-0.4, -0.2) is 54.2 Å². The Morgan fingerprint density at radius 1 is 1.16 bits per heavy atom. The Morgan fingerprint density at radius 2 is 1.88 bits per heavy atom. The fourth-order valence-electron chi connectivity index (χ4n) is 4.28. The largest absolute Gasteiger partial charge is 0.444 e. The van der Waals surface area contributed by atoms with Gasteiger partial charge >= 0.3 is 6.09 Å². The van der Waals surface area contributed by atoms with E-state index >= 15 is 0 Å². The maximum atomic E-state index is 12.8. The van der Waals surface area contributed by atoms with Crippen molar-refractivity contribution in [2.45, 2.75) is 90.8 Å². The number of ether oxygens (including phenoxy) is 1.